The fraction of sp³-hybridized carbons (Fsp3) is 0.433. The highest BCUT2D eigenvalue weighted by molar-refractivity contribution is 6.42. The van der Waals surface area contributed by atoms with Crippen molar-refractivity contribution in [3.8, 4) is 0 Å². The number of ether oxygens (including phenoxy) is 1. The molecule has 2 aliphatic rings. The molecule has 0 atom stereocenters. The van der Waals surface area contributed by atoms with Crippen LogP contribution in [0.2, 0.25) is 10.0 Å². The Balaban J connectivity index is 1.39. The smallest absolute Gasteiger partial charge is 0.339 e. The van der Waals surface area contributed by atoms with E-state index in [1.807, 2.05) is 50.8 Å². The Morgan fingerprint density at radius 1 is 0.976 bits per heavy atom. The number of pyridine rings is 1. The number of carbonyl (C=O) groups is 2. The molecule has 1 amide bonds. The first-order valence-electron chi connectivity index (χ1n) is 13.5. The minimum atomic E-state index is -0.512. The predicted molar refractivity (Wildman–Crippen MR) is 161 cm³/mol. The molecule has 5 rings (SSSR count). The number of aryl methyl sites for hydroxylation is 2. The Kier molecular flexibility index (Phi) is 7.40. The third-order valence-corrected chi connectivity index (χ3v) is 8.62. The van der Waals surface area contributed by atoms with Gasteiger partial charge in [0.05, 0.1) is 45.8 Å². The zero-order chi connectivity index (χ0) is 29.9. The van der Waals surface area contributed by atoms with E-state index in [2.05, 4.69) is 23.6 Å². The molecular weight excluding hydrogens is 563 g/mol. The maximum Gasteiger partial charge on any atom is 0.339 e. The second-order valence-corrected chi connectivity index (χ2v) is 12.8. The lowest BCUT2D eigenvalue weighted by molar-refractivity contribution is 0.0505. The highest BCUT2D eigenvalue weighted by atomic mass is 35.5. The van der Waals surface area contributed by atoms with Gasteiger partial charge in [0.15, 0.2) is 5.82 Å². The van der Waals surface area contributed by atoms with Crippen molar-refractivity contribution in [3.63, 3.8) is 0 Å². The van der Waals surface area contributed by atoms with E-state index in [-0.39, 0.29) is 11.3 Å². The summed E-state index contributed by atoms with van der Waals surface area (Å²) in [5.74, 6) is 0.930. The van der Waals surface area contributed by atoms with Crippen molar-refractivity contribution in [1.29, 1.82) is 0 Å². The standard InChI is InChI=1S/C30H34Cl2N6O3/c1-17-12-23(34-18(2)24(17)28(40)41-7)36-10-11-38(30(5,6)16-36)27(39)22-14-33-26-25(35-22)29(3,4)15-37(26)19-8-9-20(31)21(32)13-19/h8-9,12-14H,10-11,15-16H2,1-7H3. The predicted octanol–water partition coefficient (Wildman–Crippen LogP) is 5.75. The van der Waals surface area contributed by atoms with Crippen molar-refractivity contribution in [2.75, 3.05) is 43.1 Å². The van der Waals surface area contributed by atoms with Gasteiger partial charge in [-0.05, 0) is 57.5 Å². The first kappa shape index (κ1) is 29.1. The normalized spacial score (nSPS) is 17.4. The molecule has 0 unspecified atom stereocenters. The second-order valence-electron chi connectivity index (χ2n) is 11.9. The van der Waals surface area contributed by atoms with Crippen molar-refractivity contribution >= 4 is 52.4 Å². The monoisotopic (exact) mass is 596 g/mol. The number of nitrogens with zero attached hydrogens (tertiary/aromatic N) is 6. The van der Waals surface area contributed by atoms with E-state index in [0.717, 1.165) is 22.8 Å². The van der Waals surface area contributed by atoms with Crippen LogP contribution in [-0.4, -0.2) is 70.6 Å². The van der Waals surface area contributed by atoms with Gasteiger partial charge < -0.3 is 19.4 Å². The number of methoxy groups -OCH3 is 1. The molecule has 2 aromatic heterocycles. The fourth-order valence-corrected chi connectivity index (χ4v) is 6.09. The molecule has 0 N–H and O–H groups in total. The first-order valence-corrected chi connectivity index (χ1v) is 14.2. The Morgan fingerprint density at radius 3 is 2.34 bits per heavy atom. The molecule has 9 nitrogen and oxygen atoms in total. The number of anilines is 3. The Morgan fingerprint density at radius 2 is 1.71 bits per heavy atom. The van der Waals surface area contributed by atoms with Gasteiger partial charge in [0, 0.05) is 37.3 Å². The van der Waals surface area contributed by atoms with E-state index in [1.54, 1.807) is 12.3 Å². The van der Waals surface area contributed by atoms with E-state index in [1.165, 1.54) is 7.11 Å². The number of fused-ring (bicyclic) bond motifs is 1. The number of halogens is 2. The quantitative estimate of drug-likeness (QED) is 0.351. The zero-order valence-corrected chi connectivity index (χ0v) is 25.9. The van der Waals surface area contributed by atoms with Crippen LogP contribution in [0.1, 0.15) is 65.5 Å². The Bertz CT molecular complexity index is 1530. The van der Waals surface area contributed by atoms with Crippen LogP contribution >= 0.6 is 23.2 Å². The number of piperazine rings is 1. The van der Waals surface area contributed by atoms with Crippen LogP contribution in [0.25, 0.3) is 0 Å². The molecule has 0 spiro atoms. The lowest BCUT2D eigenvalue weighted by Gasteiger charge is -2.47. The van der Waals surface area contributed by atoms with Crippen LogP contribution in [0.5, 0.6) is 0 Å². The van der Waals surface area contributed by atoms with Crippen LogP contribution in [-0.2, 0) is 10.2 Å². The molecule has 0 bridgehead atoms. The molecule has 3 aromatic rings. The Hall–Kier alpha value is -3.43. The van der Waals surface area contributed by atoms with Crippen molar-refractivity contribution in [2.45, 2.75) is 52.5 Å². The molecule has 11 heteroatoms. The zero-order valence-electron chi connectivity index (χ0n) is 24.4. The third kappa shape index (κ3) is 5.21. The number of carbonyl (C=O) groups excluding carboxylic acids is 2. The number of amides is 1. The largest absolute Gasteiger partial charge is 0.465 e. The number of esters is 1. The molecule has 41 heavy (non-hydrogen) atoms. The molecule has 4 heterocycles. The Labute approximate surface area is 250 Å². The summed E-state index contributed by atoms with van der Waals surface area (Å²) in [7, 11) is 1.37. The molecule has 0 radical (unpaired) electrons. The molecule has 0 saturated carbocycles. The van der Waals surface area contributed by atoms with Gasteiger partial charge in [-0.2, -0.15) is 0 Å². The van der Waals surface area contributed by atoms with E-state index < -0.39 is 11.5 Å². The second kappa shape index (κ2) is 10.4. The molecule has 1 saturated heterocycles. The lowest BCUT2D eigenvalue weighted by Crippen LogP contribution is -2.61. The minimum Gasteiger partial charge on any atom is -0.465 e. The van der Waals surface area contributed by atoms with Crippen LogP contribution in [0.4, 0.5) is 17.3 Å². The van der Waals surface area contributed by atoms with Gasteiger partial charge in [-0.3, -0.25) is 4.79 Å². The molecule has 216 valence electrons. The summed E-state index contributed by atoms with van der Waals surface area (Å²) >= 11 is 12.4. The van der Waals surface area contributed by atoms with Crippen molar-refractivity contribution in [2.24, 2.45) is 0 Å². The highest BCUT2D eigenvalue weighted by Crippen LogP contribution is 2.43. The molecule has 2 aliphatic heterocycles. The van der Waals surface area contributed by atoms with Gasteiger partial charge in [-0.1, -0.05) is 37.0 Å². The SMILES string of the molecule is COC(=O)c1c(C)cc(N2CCN(C(=O)c3cnc4c(n3)C(C)(C)CN4c3ccc(Cl)c(Cl)c3)C(C)(C)C2)nc1C. The number of hydrogen-bond donors (Lipinski definition) is 0. The number of aromatic nitrogens is 3. The first-order chi connectivity index (χ1) is 19.2. The maximum absolute atomic E-state index is 13.9. The molecule has 0 aliphatic carbocycles. The molecule has 1 aromatic carbocycles. The minimum absolute atomic E-state index is 0.157. The van der Waals surface area contributed by atoms with Gasteiger partial charge in [0.25, 0.3) is 5.91 Å². The van der Waals surface area contributed by atoms with Crippen LogP contribution in [0, 0.1) is 13.8 Å². The van der Waals surface area contributed by atoms with E-state index >= 15 is 0 Å². The van der Waals surface area contributed by atoms with Gasteiger partial charge in [-0.15, -0.1) is 0 Å². The van der Waals surface area contributed by atoms with Gasteiger partial charge in [-0.25, -0.2) is 19.7 Å². The van der Waals surface area contributed by atoms with Crippen molar-refractivity contribution in [3.05, 3.63) is 68.7 Å². The maximum atomic E-state index is 13.9. The number of benzene rings is 1. The molecule has 1 fully saturated rings. The van der Waals surface area contributed by atoms with Gasteiger partial charge in [0.1, 0.15) is 11.5 Å². The van der Waals surface area contributed by atoms with E-state index in [9.17, 15) is 9.59 Å². The average molecular weight is 598 g/mol. The van der Waals surface area contributed by atoms with Crippen LogP contribution < -0.4 is 9.80 Å². The molecular formula is C30H34Cl2N6O3. The summed E-state index contributed by atoms with van der Waals surface area (Å²) < 4.78 is 4.92. The summed E-state index contributed by atoms with van der Waals surface area (Å²) in [5.41, 5.74) is 3.03. The summed E-state index contributed by atoms with van der Waals surface area (Å²) in [5, 5.41) is 0.958. The average Bonchev–Trinajstić information content (AvgIpc) is 3.18. The van der Waals surface area contributed by atoms with Crippen LogP contribution in [0.3, 0.4) is 0 Å². The van der Waals surface area contributed by atoms with Gasteiger partial charge in [0.2, 0.25) is 0 Å². The van der Waals surface area contributed by atoms with E-state index in [0.29, 0.717) is 59.0 Å². The topological polar surface area (TPSA) is 91.8 Å². The summed E-state index contributed by atoms with van der Waals surface area (Å²) in [6, 6.07) is 7.39. The van der Waals surface area contributed by atoms with Crippen LogP contribution in [0.15, 0.2) is 30.5 Å². The summed E-state index contributed by atoms with van der Waals surface area (Å²) in [6.45, 7) is 14.2. The number of rotatable bonds is 4. The summed E-state index contributed by atoms with van der Waals surface area (Å²) in [6.07, 6.45) is 1.56. The fourth-order valence-electron chi connectivity index (χ4n) is 5.80. The lowest BCUT2D eigenvalue weighted by atomic mass is 9.92. The highest BCUT2D eigenvalue weighted by Gasteiger charge is 2.42. The third-order valence-electron chi connectivity index (χ3n) is 7.88. The van der Waals surface area contributed by atoms with Gasteiger partial charge >= 0.3 is 5.97 Å². The summed E-state index contributed by atoms with van der Waals surface area (Å²) in [4.78, 5) is 46.4. The number of hydrogen-bond acceptors (Lipinski definition) is 8. The van der Waals surface area contributed by atoms with E-state index in [4.69, 9.17) is 42.9 Å². The van der Waals surface area contributed by atoms with Crippen molar-refractivity contribution < 1.29 is 14.3 Å². The van der Waals surface area contributed by atoms with Crippen molar-refractivity contribution in [1.82, 2.24) is 19.9 Å².